The number of halogens is 1. The first-order chi connectivity index (χ1) is 5.52. The quantitative estimate of drug-likeness (QED) is 0.721. The Bertz CT molecular complexity index is 304. The second-order valence-corrected chi connectivity index (χ2v) is 3.36. The van der Waals surface area contributed by atoms with Crippen molar-refractivity contribution < 1.29 is 4.79 Å². The van der Waals surface area contributed by atoms with Crippen LogP contribution in [0.25, 0.3) is 0 Å². The Labute approximate surface area is 76.1 Å². The van der Waals surface area contributed by atoms with Gasteiger partial charge in [0.15, 0.2) is 16.8 Å². The maximum atomic E-state index is 10.9. The van der Waals surface area contributed by atoms with Crippen molar-refractivity contribution in [2.75, 3.05) is 0 Å². The number of Topliss-reactive ketones (excluding diaryl/α,β-unsaturated/α-hetero) is 1. The lowest BCUT2D eigenvalue weighted by Gasteiger charge is -1.99. The molecular weight excluding hydrogens is 176 g/mol. The highest BCUT2D eigenvalue weighted by atomic mass is 35.5. The molecule has 0 radical (unpaired) electrons. The van der Waals surface area contributed by atoms with Crippen LogP contribution in [0.3, 0.4) is 0 Å². The number of aromatic nitrogens is 2. The molecule has 0 spiro atoms. The number of nitrogens with zero attached hydrogens (tertiary/aromatic N) is 1. The van der Waals surface area contributed by atoms with E-state index < -0.39 is 0 Å². The number of rotatable bonds is 2. The standard InChI is InChI=1S/C8H11ClN2O/c1-4(2)6-7(9)11-8(10-6)5(3)12/h4H,1-3H3,(H,10,11). The summed E-state index contributed by atoms with van der Waals surface area (Å²) in [5.74, 6) is 0.505. The van der Waals surface area contributed by atoms with Crippen molar-refractivity contribution in [2.45, 2.75) is 26.7 Å². The molecule has 1 N–H and O–H groups in total. The van der Waals surface area contributed by atoms with Gasteiger partial charge < -0.3 is 4.98 Å². The van der Waals surface area contributed by atoms with Crippen LogP contribution in [0.5, 0.6) is 0 Å². The zero-order chi connectivity index (χ0) is 9.30. The summed E-state index contributed by atoms with van der Waals surface area (Å²) in [7, 11) is 0. The van der Waals surface area contributed by atoms with E-state index in [0.29, 0.717) is 11.0 Å². The van der Waals surface area contributed by atoms with E-state index in [1.165, 1.54) is 6.92 Å². The zero-order valence-electron chi connectivity index (χ0n) is 7.31. The fraction of sp³-hybridized carbons (Fsp3) is 0.500. The van der Waals surface area contributed by atoms with E-state index in [1.807, 2.05) is 13.8 Å². The van der Waals surface area contributed by atoms with E-state index in [9.17, 15) is 4.79 Å². The monoisotopic (exact) mass is 186 g/mol. The highest BCUT2D eigenvalue weighted by molar-refractivity contribution is 6.30. The summed E-state index contributed by atoms with van der Waals surface area (Å²) in [6.07, 6.45) is 0. The molecule has 0 unspecified atom stereocenters. The van der Waals surface area contributed by atoms with Gasteiger partial charge in [0, 0.05) is 6.92 Å². The first kappa shape index (κ1) is 9.26. The van der Waals surface area contributed by atoms with Crippen molar-refractivity contribution in [3.8, 4) is 0 Å². The van der Waals surface area contributed by atoms with E-state index in [-0.39, 0.29) is 11.7 Å². The highest BCUT2D eigenvalue weighted by Crippen LogP contribution is 2.21. The third-order valence-corrected chi connectivity index (χ3v) is 1.88. The molecule has 1 rings (SSSR count). The number of hydrogen-bond acceptors (Lipinski definition) is 2. The van der Waals surface area contributed by atoms with Crippen molar-refractivity contribution in [2.24, 2.45) is 0 Å². The molecule has 12 heavy (non-hydrogen) atoms. The lowest BCUT2D eigenvalue weighted by molar-refractivity contribution is 0.100. The van der Waals surface area contributed by atoms with Gasteiger partial charge in [-0.2, -0.15) is 0 Å². The lowest BCUT2D eigenvalue weighted by Crippen LogP contribution is -1.95. The van der Waals surface area contributed by atoms with Gasteiger partial charge in [-0.05, 0) is 5.92 Å². The summed E-state index contributed by atoms with van der Waals surface area (Å²) in [5, 5.41) is 0.398. The van der Waals surface area contributed by atoms with Gasteiger partial charge >= 0.3 is 0 Å². The van der Waals surface area contributed by atoms with Gasteiger partial charge in [0.2, 0.25) is 0 Å². The second-order valence-electron chi connectivity index (χ2n) is 3.00. The van der Waals surface area contributed by atoms with Crippen LogP contribution in [0, 0.1) is 0 Å². The van der Waals surface area contributed by atoms with Crippen LogP contribution in [0.4, 0.5) is 0 Å². The van der Waals surface area contributed by atoms with Gasteiger partial charge in [0.05, 0.1) is 5.69 Å². The number of H-pyrrole nitrogens is 1. The molecule has 1 aromatic rings. The van der Waals surface area contributed by atoms with Gasteiger partial charge in [0.25, 0.3) is 0 Å². The Morgan fingerprint density at radius 2 is 2.17 bits per heavy atom. The summed E-state index contributed by atoms with van der Waals surface area (Å²) in [6.45, 7) is 5.44. The summed E-state index contributed by atoms with van der Waals surface area (Å²) < 4.78 is 0. The average molecular weight is 187 g/mol. The van der Waals surface area contributed by atoms with Crippen LogP contribution in [0.15, 0.2) is 0 Å². The van der Waals surface area contributed by atoms with Crippen molar-refractivity contribution in [3.63, 3.8) is 0 Å². The van der Waals surface area contributed by atoms with Gasteiger partial charge in [0.1, 0.15) is 0 Å². The number of imidazole rings is 1. The minimum atomic E-state index is -0.0937. The Hall–Kier alpha value is -0.830. The number of ketones is 1. The van der Waals surface area contributed by atoms with Crippen molar-refractivity contribution in [3.05, 3.63) is 16.7 Å². The molecule has 66 valence electrons. The molecule has 1 heterocycles. The summed E-state index contributed by atoms with van der Waals surface area (Å²) in [5.41, 5.74) is 0.821. The molecule has 1 aromatic heterocycles. The Morgan fingerprint density at radius 1 is 1.58 bits per heavy atom. The number of aromatic amines is 1. The predicted molar refractivity (Wildman–Crippen MR) is 47.7 cm³/mol. The molecule has 0 aliphatic carbocycles. The number of carbonyl (C=O) groups is 1. The third-order valence-electron chi connectivity index (χ3n) is 1.60. The fourth-order valence-electron chi connectivity index (χ4n) is 0.915. The van der Waals surface area contributed by atoms with E-state index in [2.05, 4.69) is 9.97 Å². The molecule has 0 saturated heterocycles. The molecule has 0 atom stereocenters. The maximum Gasteiger partial charge on any atom is 0.195 e. The second kappa shape index (κ2) is 3.27. The average Bonchev–Trinajstić information content (AvgIpc) is 2.30. The molecule has 0 aliphatic heterocycles. The Kier molecular flexibility index (Phi) is 2.52. The SMILES string of the molecule is CC(=O)c1nc(Cl)c(C(C)C)[nH]1. The van der Waals surface area contributed by atoms with Crippen LogP contribution >= 0.6 is 11.6 Å². The molecule has 0 aliphatic rings. The zero-order valence-corrected chi connectivity index (χ0v) is 8.07. The van der Waals surface area contributed by atoms with E-state index in [0.717, 1.165) is 5.69 Å². The normalized spacial score (nSPS) is 10.8. The predicted octanol–water partition coefficient (Wildman–Crippen LogP) is 2.39. The van der Waals surface area contributed by atoms with Crippen molar-refractivity contribution >= 4 is 17.4 Å². The van der Waals surface area contributed by atoms with Crippen LogP contribution < -0.4 is 0 Å². The van der Waals surface area contributed by atoms with Crippen LogP contribution in [-0.2, 0) is 0 Å². The smallest absolute Gasteiger partial charge is 0.195 e. The third kappa shape index (κ3) is 1.67. The van der Waals surface area contributed by atoms with Crippen LogP contribution in [0.2, 0.25) is 5.15 Å². The molecule has 0 bridgehead atoms. The van der Waals surface area contributed by atoms with Gasteiger partial charge in [-0.15, -0.1) is 0 Å². The summed E-state index contributed by atoms with van der Waals surface area (Å²) >= 11 is 5.79. The van der Waals surface area contributed by atoms with E-state index >= 15 is 0 Å². The van der Waals surface area contributed by atoms with Crippen LogP contribution in [-0.4, -0.2) is 15.8 Å². The number of hydrogen-bond donors (Lipinski definition) is 1. The minimum Gasteiger partial charge on any atom is -0.338 e. The van der Waals surface area contributed by atoms with Gasteiger partial charge in [-0.1, -0.05) is 25.4 Å². The summed E-state index contributed by atoms with van der Waals surface area (Å²) in [6, 6.07) is 0. The van der Waals surface area contributed by atoms with Crippen molar-refractivity contribution in [1.29, 1.82) is 0 Å². The first-order valence-electron chi connectivity index (χ1n) is 3.78. The van der Waals surface area contributed by atoms with Gasteiger partial charge in [-0.3, -0.25) is 4.79 Å². The topological polar surface area (TPSA) is 45.8 Å². The van der Waals surface area contributed by atoms with E-state index in [4.69, 9.17) is 11.6 Å². The largest absolute Gasteiger partial charge is 0.338 e. The fourth-order valence-corrected chi connectivity index (χ4v) is 1.26. The Balaban J connectivity index is 3.09. The molecule has 4 heteroatoms. The molecule has 0 saturated carbocycles. The molecule has 0 aromatic carbocycles. The van der Waals surface area contributed by atoms with Gasteiger partial charge in [-0.25, -0.2) is 4.98 Å². The first-order valence-corrected chi connectivity index (χ1v) is 4.16. The van der Waals surface area contributed by atoms with Crippen molar-refractivity contribution in [1.82, 2.24) is 9.97 Å². The lowest BCUT2D eigenvalue weighted by atomic mass is 10.2. The highest BCUT2D eigenvalue weighted by Gasteiger charge is 2.13. The molecule has 0 fully saturated rings. The van der Waals surface area contributed by atoms with E-state index in [1.54, 1.807) is 0 Å². The maximum absolute atomic E-state index is 10.9. The Morgan fingerprint density at radius 3 is 2.42 bits per heavy atom. The number of carbonyl (C=O) groups excluding carboxylic acids is 1. The molecular formula is C8H11ClN2O. The molecule has 3 nitrogen and oxygen atoms in total. The minimum absolute atomic E-state index is 0.0937. The number of nitrogens with one attached hydrogen (secondary N) is 1. The summed E-state index contributed by atoms with van der Waals surface area (Å²) in [4.78, 5) is 17.7. The molecule has 0 amide bonds. The van der Waals surface area contributed by atoms with Crippen LogP contribution in [0.1, 0.15) is 43.0 Å².